The number of para-hydroxylation sites is 1. The van der Waals surface area contributed by atoms with Crippen LogP contribution in [0.15, 0.2) is 30.5 Å². The van der Waals surface area contributed by atoms with Gasteiger partial charge in [-0.2, -0.15) is 0 Å². The van der Waals surface area contributed by atoms with Gasteiger partial charge >= 0.3 is 0 Å². The Morgan fingerprint density at radius 1 is 1.22 bits per heavy atom. The van der Waals surface area contributed by atoms with Gasteiger partial charge in [-0.1, -0.05) is 18.2 Å². The van der Waals surface area contributed by atoms with Crippen molar-refractivity contribution >= 4 is 42.9 Å². The van der Waals surface area contributed by atoms with E-state index >= 15 is 0 Å². The van der Waals surface area contributed by atoms with E-state index in [9.17, 15) is 0 Å². The van der Waals surface area contributed by atoms with Crippen molar-refractivity contribution in [2.45, 2.75) is 12.8 Å². The number of aryl methyl sites for hydroxylation is 1. The van der Waals surface area contributed by atoms with Crippen molar-refractivity contribution in [2.24, 2.45) is 0 Å². The lowest BCUT2D eigenvalue weighted by atomic mass is 10.2. The largest absolute Gasteiger partial charge is 0.312 e. The third kappa shape index (κ3) is 1.88. The minimum atomic E-state index is 0.660. The summed E-state index contributed by atoms with van der Waals surface area (Å²) >= 11 is 5.74. The lowest BCUT2D eigenvalue weighted by Crippen LogP contribution is -1.93. The van der Waals surface area contributed by atoms with E-state index in [2.05, 4.69) is 29.8 Å². The van der Waals surface area contributed by atoms with Crippen LogP contribution in [0.25, 0.3) is 21.9 Å². The number of rotatable bonds is 3. The molecule has 3 rings (SSSR count). The maximum Gasteiger partial charge on any atom is 0.112 e. The molecule has 2 heterocycles. The maximum absolute atomic E-state index is 5.74. The average molecular weight is 278 g/mol. The third-order valence-corrected chi connectivity index (χ3v) is 3.85. The van der Waals surface area contributed by atoms with Gasteiger partial charge in [0.2, 0.25) is 0 Å². The Hall–Kier alpha value is -1.18. The lowest BCUT2D eigenvalue weighted by molar-refractivity contribution is 0.853. The van der Waals surface area contributed by atoms with Gasteiger partial charge in [-0.15, -0.1) is 11.6 Å². The fourth-order valence-electron chi connectivity index (χ4n) is 2.17. The fourth-order valence-corrected chi connectivity index (χ4v) is 2.77. The Bertz CT molecular complexity index is 708. The molecular formula is C13H13ClN3P. The molecule has 92 valence electrons. The molecule has 18 heavy (non-hydrogen) atoms. The predicted molar refractivity (Wildman–Crippen MR) is 79.2 cm³/mol. The monoisotopic (exact) mass is 277 g/mol. The number of hydrogen-bond donors (Lipinski definition) is 0. The van der Waals surface area contributed by atoms with Crippen LogP contribution in [0.3, 0.4) is 0 Å². The lowest BCUT2D eigenvalue weighted by Gasteiger charge is -2.02. The van der Waals surface area contributed by atoms with Gasteiger partial charge in [0.15, 0.2) is 0 Å². The third-order valence-electron chi connectivity index (χ3n) is 3.03. The number of hydrogen-bond acceptors (Lipinski definition) is 2. The van der Waals surface area contributed by atoms with Crippen molar-refractivity contribution in [2.75, 3.05) is 5.88 Å². The van der Waals surface area contributed by atoms with Crippen LogP contribution in [-0.2, 0) is 6.42 Å². The summed E-state index contributed by atoms with van der Waals surface area (Å²) in [6, 6.07) is 8.13. The zero-order chi connectivity index (χ0) is 12.5. The van der Waals surface area contributed by atoms with Gasteiger partial charge in [-0.25, -0.2) is 4.98 Å². The fraction of sp³-hybridized carbons (Fsp3) is 0.231. The Morgan fingerprint density at radius 3 is 2.89 bits per heavy atom. The normalized spacial score (nSPS) is 11.4. The van der Waals surface area contributed by atoms with E-state index in [0.29, 0.717) is 5.88 Å². The van der Waals surface area contributed by atoms with Gasteiger partial charge in [0.1, 0.15) is 11.3 Å². The summed E-state index contributed by atoms with van der Waals surface area (Å²) in [5.41, 5.74) is 3.06. The number of benzene rings is 1. The summed E-state index contributed by atoms with van der Waals surface area (Å²) < 4.78 is 2.08. The molecule has 1 atom stereocenters. The van der Waals surface area contributed by atoms with Crippen LogP contribution in [0.4, 0.5) is 0 Å². The number of nitrogens with zero attached hydrogens (tertiary/aromatic N) is 3. The van der Waals surface area contributed by atoms with E-state index in [4.69, 9.17) is 11.6 Å². The predicted octanol–water partition coefficient (Wildman–Crippen LogP) is 3.39. The van der Waals surface area contributed by atoms with E-state index < -0.39 is 0 Å². The summed E-state index contributed by atoms with van der Waals surface area (Å²) in [6.07, 6.45) is 3.66. The zero-order valence-electron chi connectivity index (χ0n) is 9.81. The van der Waals surface area contributed by atoms with Crippen LogP contribution < -0.4 is 0 Å². The first kappa shape index (κ1) is 11.9. The smallest absolute Gasteiger partial charge is 0.112 e. The van der Waals surface area contributed by atoms with Crippen molar-refractivity contribution in [3.8, 4) is 0 Å². The molecule has 1 aromatic carbocycles. The van der Waals surface area contributed by atoms with Crippen LogP contribution >= 0.6 is 21.0 Å². The molecule has 0 saturated heterocycles. The molecule has 0 aliphatic carbocycles. The van der Waals surface area contributed by atoms with Crippen LogP contribution in [0, 0.1) is 0 Å². The molecule has 0 spiro atoms. The molecule has 0 N–H and O–H groups in total. The van der Waals surface area contributed by atoms with Crippen LogP contribution in [0.5, 0.6) is 0 Å². The van der Waals surface area contributed by atoms with Crippen LogP contribution in [-0.4, -0.2) is 20.2 Å². The zero-order valence-corrected chi connectivity index (χ0v) is 11.7. The topological polar surface area (TPSA) is 30.7 Å². The number of halogens is 1. The molecule has 0 radical (unpaired) electrons. The molecule has 3 nitrogen and oxygen atoms in total. The van der Waals surface area contributed by atoms with Crippen molar-refractivity contribution in [3.05, 3.63) is 36.3 Å². The first-order chi connectivity index (χ1) is 8.81. The molecule has 2 aromatic heterocycles. The number of imidazole rings is 1. The number of pyridine rings is 1. The van der Waals surface area contributed by atoms with Gasteiger partial charge in [0.25, 0.3) is 0 Å². The molecule has 0 fully saturated rings. The van der Waals surface area contributed by atoms with Crippen molar-refractivity contribution in [3.63, 3.8) is 0 Å². The van der Waals surface area contributed by atoms with E-state index in [0.717, 1.165) is 40.6 Å². The van der Waals surface area contributed by atoms with Crippen molar-refractivity contribution in [1.82, 2.24) is 14.3 Å². The molecule has 5 heteroatoms. The van der Waals surface area contributed by atoms with Crippen LogP contribution in [0.1, 0.15) is 12.2 Å². The molecule has 0 bridgehead atoms. The Morgan fingerprint density at radius 2 is 2.06 bits per heavy atom. The van der Waals surface area contributed by atoms with Crippen molar-refractivity contribution in [1.29, 1.82) is 0 Å². The molecule has 1 unspecified atom stereocenters. The first-order valence-electron chi connectivity index (χ1n) is 5.87. The standard InChI is InChI=1S/C13H13ClN3P/c14-7-3-6-12-16-11-8-15-10-5-2-1-4-9(10)13(11)17(12)18/h1-2,4-5,8H,3,6-7,18H2. The van der Waals surface area contributed by atoms with E-state index in [1.54, 1.807) is 0 Å². The first-order valence-corrected chi connectivity index (χ1v) is 6.92. The number of aromatic nitrogens is 3. The highest BCUT2D eigenvalue weighted by Crippen LogP contribution is 2.26. The van der Waals surface area contributed by atoms with Gasteiger partial charge in [-0.3, -0.25) is 4.98 Å². The Kier molecular flexibility index (Phi) is 3.19. The van der Waals surface area contributed by atoms with E-state index in [1.807, 2.05) is 24.4 Å². The highest BCUT2D eigenvalue weighted by molar-refractivity contribution is 7.15. The molecule has 0 saturated carbocycles. The summed E-state index contributed by atoms with van der Waals surface area (Å²) in [5, 5.41) is 1.13. The van der Waals surface area contributed by atoms with E-state index in [1.165, 1.54) is 0 Å². The SMILES string of the molecule is Pn1c(CCCCl)nc2cnc3ccccc3c21. The summed E-state index contributed by atoms with van der Waals surface area (Å²) in [5.74, 6) is 1.70. The van der Waals surface area contributed by atoms with Gasteiger partial charge in [0.05, 0.1) is 17.2 Å². The average Bonchev–Trinajstić information content (AvgIpc) is 2.73. The minimum absolute atomic E-state index is 0.660. The van der Waals surface area contributed by atoms with Crippen LogP contribution in [0.2, 0.25) is 0 Å². The quantitative estimate of drug-likeness (QED) is 0.543. The summed E-state index contributed by atoms with van der Waals surface area (Å²) in [6.45, 7) is 0. The van der Waals surface area contributed by atoms with Gasteiger partial charge in [-0.05, 0) is 21.9 Å². The highest BCUT2D eigenvalue weighted by Gasteiger charge is 2.11. The Labute approximate surface area is 112 Å². The summed E-state index contributed by atoms with van der Waals surface area (Å²) in [7, 11) is 2.74. The van der Waals surface area contributed by atoms with Gasteiger partial charge < -0.3 is 4.34 Å². The summed E-state index contributed by atoms with van der Waals surface area (Å²) in [4.78, 5) is 9.05. The molecule has 0 aliphatic rings. The second-order valence-corrected chi connectivity index (χ2v) is 5.09. The molecular weight excluding hydrogens is 265 g/mol. The molecule has 0 amide bonds. The number of fused-ring (bicyclic) bond motifs is 3. The number of alkyl halides is 1. The minimum Gasteiger partial charge on any atom is -0.312 e. The second-order valence-electron chi connectivity index (χ2n) is 4.20. The maximum atomic E-state index is 5.74. The van der Waals surface area contributed by atoms with Crippen molar-refractivity contribution < 1.29 is 0 Å². The van der Waals surface area contributed by atoms with E-state index in [-0.39, 0.29) is 0 Å². The molecule has 3 aromatic rings. The Balaban J connectivity index is 2.26. The van der Waals surface area contributed by atoms with Gasteiger partial charge in [0, 0.05) is 17.7 Å². The second kappa shape index (κ2) is 4.83. The highest BCUT2D eigenvalue weighted by atomic mass is 35.5. The molecule has 0 aliphatic heterocycles.